The molecule has 0 N–H and O–H groups in total. The van der Waals surface area contributed by atoms with Gasteiger partial charge in [-0.3, -0.25) is 0 Å². The maximum atomic E-state index is 3.62. The molecule has 4 heteroatoms. The molecule has 0 bridgehead atoms. The third kappa shape index (κ3) is 2.54. The Balaban J connectivity index is 2.85. The molecule has 1 aliphatic heterocycles. The average Bonchev–Trinajstić information content (AvgIpc) is 1.81. The standard InChI is InChI=1S/C7H11Br3N/c1-11(2)3-5(8)7(10)6(9)4-11/h5H,3-4H2,1-2H3/q+1. The van der Waals surface area contributed by atoms with Crippen LogP contribution in [0, 0.1) is 0 Å². The molecule has 1 rings (SSSR count). The van der Waals surface area contributed by atoms with E-state index in [1.54, 1.807) is 0 Å². The highest BCUT2D eigenvalue weighted by Crippen LogP contribution is 2.33. The van der Waals surface area contributed by atoms with Crippen molar-refractivity contribution in [1.82, 2.24) is 0 Å². The summed E-state index contributed by atoms with van der Waals surface area (Å²) in [6.07, 6.45) is 0. The summed E-state index contributed by atoms with van der Waals surface area (Å²) in [7, 11) is 4.46. The summed E-state index contributed by atoms with van der Waals surface area (Å²) in [6, 6.07) is 0. The SMILES string of the molecule is C[N+]1(C)CC(Br)=C(Br)C(Br)C1. The van der Waals surface area contributed by atoms with Crippen LogP contribution in [0.5, 0.6) is 0 Å². The number of hydrogen-bond donors (Lipinski definition) is 0. The van der Waals surface area contributed by atoms with Gasteiger partial charge in [0.15, 0.2) is 0 Å². The molecule has 0 amide bonds. The lowest BCUT2D eigenvalue weighted by molar-refractivity contribution is -0.885. The second-order valence-electron chi connectivity index (χ2n) is 3.50. The van der Waals surface area contributed by atoms with E-state index in [1.807, 2.05) is 0 Å². The molecule has 0 aromatic heterocycles. The average molecular weight is 349 g/mol. The highest BCUT2D eigenvalue weighted by Gasteiger charge is 2.30. The highest BCUT2D eigenvalue weighted by atomic mass is 79.9. The minimum Gasteiger partial charge on any atom is -0.323 e. The first-order valence-corrected chi connectivity index (χ1v) is 5.93. The zero-order valence-electron chi connectivity index (χ0n) is 6.57. The Kier molecular flexibility index (Phi) is 3.23. The summed E-state index contributed by atoms with van der Waals surface area (Å²) < 4.78 is 3.57. The van der Waals surface area contributed by atoms with Crippen molar-refractivity contribution < 1.29 is 4.48 Å². The number of quaternary nitrogens is 1. The number of alkyl halides is 1. The minimum atomic E-state index is 0.459. The maximum absolute atomic E-state index is 3.62. The summed E-state index contributed by atoms with van der Waals surface area (Å²) in [5, 5.41) is 0. The zero-order chi connectivity index (χ0) is 8.65. The van der Waals surface area contributed by atoms with Gasteiger partial charge < -0.3 is 4.48 Å². The third-order valence-electron chi connectivity index (χ3n) is 1.76. The van der Waals surface area contributed by atoms with Gasteiger partial charge in [-0.25, -0.2) is 0 Å². The first-order valence-electron chi connectivity index (χ1n) is 3.42. The van der Waals surface area contributed by atoms with Gasteiger partial charge in [0.25, 0.3) is 0 Å². The van der Waals surface area contributed by atoms with Crippen LogP contribution in [-0.4, -0.2) is 36.5 Å². The fourth-order valence-corrected chi connectivity index (χ4v) is 3.79. The second kappa shape index (κ2) is 3.48. The van der Waals surface area contributed by atoms with E-state index in [0.717, 1.165) is 17.6 Å². The van der Waals surface area contributed by atoms with Crippen LogP contribution < -0.4 is 0 Å². The van der Waals surface area contributed by atoms with Crippen molar-refractivity contribution in [3.05, 3.63) is 8.96 Å². The third-order valence-corrected chi connectivity index (χ3v) is 5.36. The Bertz CT molecular complexity index is 198. The predicted octanol–water partition coefficient (Wildman–Crippen LogP) is 2.84. The van der Waals surface area contributed by atoms with Gasteiger partial charge in [-0.05, 0) is 15.9 Å². The van der Waals surface area contributed by atoms with E-state index >= 15 is 0 Å². The molecule has 11 heavy (non-hydrogen) atoms. The van der Waals surface area contributed by atoms with E-state index in [4.69, 9.17) is 0 Å². The predicted molar refractivity (Wildman–Crippen MR) is 59.4 cm³/mol. The highest BCUT2D eigenvalue weighted by molar-refractivity contribution is 9.15. The molecule has 1 heterocycles. The summed E-state index contributed by atoms with van der Waals surface area (Å²) >= 11 is 10.7. The molecule has 1 atom stereocenters. The number of nitrogens with zero attached hydrogens (tertiary/aromatic N) is 1. The van der Waals surface area contributed by atoms with Crippen molar-refractivity contribution in [2.24, 2.45) is 0 Å². The number of likely N-dealkylation sites (N-methyl/N-ethyl adjacent to an activating group) is 1. The molecule has 1 aliphatic rings. The number of halogens is 3. The van der Waals surface area contributed by atoms with Crippen molar-refractivity contribution in [3.63, 3.8) is 0 Å². The molecular formula is C7H11Br3N+. The lowest BCUT2D eigenvalue weighted by Crippen LogP contribution is -2.47. The smallest absolute Gasteiger partial charge is 0.111 e. The molecule has 1 unspecified atom stereocenters. The van der Waals surface area contributed by atoms with Crippen LogP contribution in [0.2, 0.25) is 0 Å². The second-order valence-corrected chi connectivity index (χ2v) is 6.41. The molecule has 64 valence electrons. The first kappa shape index (κ1) is 10.2. The monoisotopic (exact) mass is 346 g/mol. The Morgan fingerprint density at radius 1 is 1.36 bits per heavy atom. The number of hydrogen-bond acceptors (Lipinski definition) is 0. The maximum Gasteiger partial charge on any atom is 0.111 e. The van der Waals surface area contributed by atoms with Crippen molar-refractivity contribution in [3.8, 4) is 0 Å². The van der Waals surface area contributed by atoms with E-state index in [1.165, 1.54) is 8.96 Å². The van der Waals surface area contributed by atoms with Crippen molar-refractivity contribution in [1.29, 1.82) is 0 Å². The lowest BCUT2D eigenvalue weighted by atomic mass is 10.2. The van der Waals surface area contributed by atoms with Crippen LogP contribution in [-0.2, 0) is 0 Å². The van der Waals surface area contributed by atoms with Crippen LogP contribution in [0.15, 0.2) is 8.96 Å². The normalized spacial score (nSPS) is 30.8. The Morgan fingerprint density at radius 2 is 1.91 bits per heavy atom. The largest absolute Gasteiger partial charge is 0.323 e. The summed E-state index contributed by atoms with van der Waals surface area (Å²) in [5.41, 5.74) is 0. The molecule has 0 radical (unpaired) electrons. The van der Waals surface area contributed by atoms with Crippen LogP contribution in [0.4, 0.5) is 0 Å². The molecule has 0 aromatic carbocycles. The van der Waals surface area contributed by atoms with Gasteiger partial charge in [0, 0.05) is 4.48 Å². The van der Waals surface area contributed by atoms with E-state index < -0.39 is 0 Å². The topological polar surface area (TPSA) is 0 Å². The zero-order valence-corrected chi connectivity index (χ0v) is 11.3. The van der Waals surface area contributed by atoms with Gasteiger partial charge in [-0.2, -0.15) is 0 Å². The molecule has 0 saturated carbocycles. The quantitative estimate of drug-likeness (QED) is 0.466. The van der Waals surface area contributed by atoms with Crippen molar-refractivity contribution in [2.75, 3.05) is 27.2 Å². The minimum absolute atomic E-state index is 0.459. The fraction of sp³-hybridized carbons (Fsp3) is 0.714. The van der Waals surface area contributed by atoms with Gasteiger partial charge in [0.05, 0.1) is 29.9 Å². The van der Waals surface area contributed by atoms with Crippen molar-refractivity contribution >= 4 is 47.8 Å². The van der Waals surface area contributed by atoms with Crippen LogP contribution in [0.1, 0.15) is 0 Å². The molecule has 1 nitrogen and oxygen atoms in total. The van der Waals surface area contributed by atoms with Crippen molar-refractivity contribution in [2.45, 2.75) is 4.83 Å². The molecule has 0 saturated heterocycles. The molecule has 0 aliphatic carbocycles. The first-order chi connectivity index (χ1) is 4.92. The van der Waals surface area contributed by atoms with E-state index in [2.05, 4.69) is 61.9 Å². The van der Waals surface area contributed by atoms with Crippen LogP contribution >= 0.6 is 47.8 Å². The molecule has 0 spiro atoms. The van der Waals surface area contributed by atoms with Crippen LogP contribution in [0.3, 0.4) is 0 Å². The fourth-order valence-electron chi connectivity index (χ4n) is 1.20. The molecule has 0 aromatic rings. The van der Waals surface area contributed by atoms with E-state index in [9.17, 15) is 0 Å². The summed E-state index contributed by atoms with van der Waals surface area (Å²) in [5.74, 6) is 0. The lowest BCUT2D eigenvalue weighted by Gasteiger charge is -2.35. The van der Waals surface area contributed by atoms with Gasteiger partial charge >= 0.3 is 0 Å². The summed E-state index contributed by atoms with van der Waals surface area (Å²) in [4.78, 5) is 0.459. The Morgan fingerprint density at radius 3 is 2.36 bits per heavy atom. The van der Waals surface area contributed by atoms with E-state index in [0.29, 0.717) is 4.83 Å². The van der Waals surface area contributed by atoms with Gasteiger partial charge in [0.1, 0.15) is 6.54 Å². The number of rotatable bonds is 0. The van der Waals surface area contributed by atoms with E-state index in [-0.39, 0.29) is 0 Å². The van der Waals surface area contributed by atoms with Crippen LogP contribution in [0.25, 0.3) is 0 Å². The van der Waals surface area contributed by atoms with Gasteiger partial charge in [-0.15, -0.1) is 0 Å². The Hall–Kier alpha value is 1.14. The molecule has 0 fully saturated rings. The van der Waals surface area contributed by atoms with Gasteiger partial charge in [-0.1, -0.05) is 31.9 Å². The summed E-state index contributed by atoms with van der Waals surface area (Å²) in [6.45, 7) is 2.21. The van der Waals surface area contributed by atoms with Gasteiger partial charge in [0.2, 0.25) is 0 Å². The molecular weight excluding hydrogens is 338 g/mol. The Labute approximate surface area is 92.8 Å².